The van der Waals surface area contributed by atoms with Crippen LogP contribution in [0.5, 0.6) is 0 Å². The lowest BCUT2D eigenvalue weighted by atomic mass is 10.2. The van der Waals surface area contributed by atoms with Gasteiger partial charge in [0.15, 0.2) is 0 Å². The highest BCUT2D eigenvalue weighted by Gasteiger charge is 2.13. The number of rotatable bonds is 3. The Morgan fingerprint density at radius 2 is 1.63 bits per heavy atom. The molecule has 0 heterocycles. The van der Waals surface area contributed by atoms with Crippen molar-refractivity contribution in [3.8, 4) is 0 Å². The quantitative estimate of drug-likeness (QED) is 0.922. The predicted octanol–water partition coefficient (Wildman–Crippen LogP) is 3.87. The third kappa shape index (κ3) is 3.36. The van der Waals surface area contributed by atoms with Crippen LogP contribution in [-0.4, -0.2) is 8.42 Å². The normalized spacial score (nSPS) is 11.3. The van der Waals surface area contributed by atoms with Crippen molar-refractivity contribution in [3.05, 3.63) is 58.1 Å². The fourth-order valence-electron chi connectivity index (χ4n) is 1.64. The minimum absolute atomic E-state index is 0.263. The molecule has 0 bridgehead atoms. The average molecular weight is 340 g/mol. The molecule has 1 N–H and O–H groups in total. The largest absolute Gasteiger partial charge is 0.280 e. The minimum atomic E-state index is -3.53. The Bertz CT molecular complexity index is 694. The first-order chi connectivity index (χ1) is 8.88. The Balaban J connectivity index is 2.30. The van der Waals surface area contributed by atoms with E-state index in [-0.39, 0.29) is 4.90 Å². The second kappa shape index (κ2) is 5.35. The van der Waals surface area contributed by atoms with Gasteiger partial charge >= 0.3 is 0 Å². The molecule has 0 fully saturated rings. The van der Waals surface area contributed by atoms with Crippen LogP contribution < -0.4 is 4.72 Å². The monoisotopic (exact) mass is 339 g/mol. The van der Waals surface area contributed by atoms with Gasteiger partial charge in [0.05, 0.1) is 4.90 Å². The molecule has 2 aromatic rings. The lowest BCUT2D eigenvalue weighted by Crippen LogP contribution is -2.12. The highest BCUT2D eigenvalue weighted by atomic mass is 79.9. The molecule has 0 radical (unpaired) electrons. The fourth-order valence-corrected chi connectivity index (χ4v) is 2.94. The molecule has 0 unspecified atom stereocenters. The summed E-state index contributed by atoms with van der Waals surface area (Å²) in [5, 5.41) is 0. The van der Waals surface area contributed by atoms with Gasteiger partial charge in [-0.2, -0.15) is 0 Å². The molecule has 19 heavy (non-hydrogen) atoms. The van der Waals surface area contributed by atoms with E-state index >= 15 is 0 Å². The number of halogens is 1. The highest BCUT2D eigenvalue weighted by molar-refractivity contribution is 9.10. The molecule has 0 amide bonds. The third-order valence-electron chi connectivity index (χ3n) is 2.74. The maximum absolute atomic E-state index is 12.2. The summed E-state index contributed by atoms with van der Waals surface area (Å²) in [7, 11) is -3.53. The van der Waals surface area contributed by atoms with Crippen molar-refractivity contribution in [3.63, 3.8) is 0 Å². The fraction of sp³-hybridized carbons (Fsp3) is 0.143. The number of anilines is 1. The van der Waals surface area contributed by atoms with Crippen LogP contribution in [0.25, 0.3) is 0 Å². The molecule has 0 saturated carbocycles. The van der Waals surface area contributed by atoms with Crippen LogP contribution in [0.4, 0.5) is 5.69 Å². The van der Waals surface area contributed by atoms with Gasteiger partial charge in [0, 0.05) is 10.2 Å². The zero-order valence-corrected chi connectivity index (χ0v) is 13.0. The second-order valence-electron chi connectivity index (χ2n) is 4.38. The van der Waals surface area contributed by atoms with E-state index in [4.69, 9.17) is 0 Å². The summed E-state index contributed by atoms with van der Waals surface area (Å²) >= 11 is 3.38. The number of nitrogens with one attached hydrogen (secondary N) is 1. The van der Waals surface area contributed by atoms with Crippen LogP contribution in [0.3, 0.4) is 0 Å². The Morgan fingerprint density at radius 3 is 2.21 bits per heavy atom. The standard InChI is InChI=1S/C14H14BrNO2S/c1-10-3-6-13(7-4-10)19(17,18)16-12-5-8-14(15)11(2)9-12/h3-9,16H,1-2H3. The summed E-state index contributed by atoms with van der Waals surface area (Å²) in [6, 6.07) is 12.1. The van der Waals surface area contributed by atoms with Crippen LogP contribution >= 0.6 is 15.9 Å². The zero-order valence-electron chi connectivity index (χ0n) is 10.6. The maximum atomic E-state index is 12.2. The van der Waals surface area contributed by atoms with Crippen molar-refractivity contribution in [1.29, 1.82) is 0 Å². The zero-order chi connectivity index (χ0) is 14.0. The molecule has 0 aliphatic heterocycles. The van der Waals surface area contributed by atoms with Crippen LogP contribution in [0.1, 0.15) is 11.1 Å². The average Bonchev–Trinajstić information content (AvgIpc) is 2.34. The minimum Gasteiger partial charge on any atom is -0.280 e. The molecule has 0 aliphatic rings. The number of sulfonamides is 1. The molecule has 0 aliphatic carbocycles. The van der Waals surface area contributed by atoms with Gasteiger partial charge in [-0.15, -0.1) is 0 Å². The number of hydrogen-bond acceptors (Lipinski definition) is 2. The van der Waals surface area contributed by atoms with E-state index in [1.54, 1.807) is 36.4 Å². The summed E-state index contributed by atoms with van der Waals surface area (Å²) in [4.78, 5) is 0.263. The summed E-state index contributed by atoms with van der Waals surface area (Å²) in [6.45, 7) is 3.83. The van der Waals surface area contributed by atoms with Gasteiger partial charge in [-0.3, -0.25) is 4.72 Å². The van der Waals surface area contributed by atoms with E-state index in [2.05, 4.69) is 20.7 Å². The first-order valence-corrected chi connectivity index (χ1v) is 8.02. The van der Waals surface area contributed by atoms with Crippen molar-refractivity contribution in [2.45, 2.75) is 18.7 Å². The van der Waals surface area contributed by atoms with Crippen molar-refractivity contribution < 1.29 is 8.42 Å². The molecule has 0 atom stereocenters. The predicted molar refractivity (Wildman–Crippen MR) is 80.9 cm³/mol. The van der Waals surface area contributed by atoms with E-state index in [1.165, 1.54) is 0 Å². The van der Waals surface area contributed by atoms with Crippen LogP contribution in [0, 0.1) is 13.8 Å². The number of aryl methyl sites for hydroxylation is 2. The molecular weight excluding hydrogens is 326 g/mol. The van der Waals surface area contributed by atoms with Gasteiger partial charge < -0.3 is 0 Å². The topological polar surface area (TPSA) is 46.2 Å². The van der Waals surface area contributed by atoms with Crippen LogP contribution in [0.15, 0.2) is 51.8 Å². The maximum Gasteiger partial charge on any atom is 0.261 e. The molecule has 0 saturated heterocycles. The van der Waals surface area contributed by atoms with Crippen molar-refractivity contribution in [1.82, 2.24) is 0 Å². The van der Waals surface area contributed by atoms with Gasteiger partial charge in [-0.1, -0.05) is 33.6 Å². The van der Waals surface area contributed by atoms with E-state index in [0.29, 0.717) is 5.69 Å². The summed E-state index contributed by atoms with van der Waals surface area (Å²) in [5.41, 5.74) is 2.56. The first kappa shape index (κ1) is 14.1. The van der Waals surface area contributed by atoms with Crippen molar-refractivity contribution in [2.75, 3.05) is 4.72 Å². The van der Waals surface area contributed by atoms with Gasteiger partial charge in [-0.25, -0.2) is 8.42 Å². The molecule has 0 spiro atoms. The van der Waals surface area contributed by atoms with Crippen molar-refractivity contribution >= 4 is 31.6 Å². The third-order valence-corrected chi connectivity index (χ3v) is 5.03. The Labute approximate surface area is 121 Å². The van der Waals surface area contributed by atoms with Crippen LogP contribution in [0.2, 0.25) is 0 Å². The van der Waals surface area contributed by atoms with Gasteiger partial charge in [0.1, 0.15) is 0 Å². The Morgan fingerprint density at radius 1 is 1.00 bits per heavy atom. The first-order valence-electron chi connectivity index (χ1n) is 5.74. The summed E-state index contributed by atoms with van der Waals surface area (Å²) in [5.74, 6) is 0. The molecule has 2 rings (SSSR count). The highest BCUT2D eigenvalue weighted by Crippen LogP contribution is 2.22. The lowest BCUT2D eigenvalue weighted by molar-refractivity contribution is 0.601. The SMILES string of the molecule is Cc1ccc(S(=O)(=O)Nc2ccc(Br)c(C)c2)cc1. The van der Waals surface area contributed by atoms with E-state index in [9.17, 15) is 8.42 Å². The molecule has 3 nitrogen and oxygen atoms in total. The number of hydrogen-bond donors (Lipinski definition) is 1. The molecule has 100 valence electrons. The van der Waals surface area contributed by atoms with Gasteiger partial charge in [0.2, 0.25) is 0 Å². The molecule has 5 heteroatoms. The van der Waals surface area contributed by atoms with Gasteiger partial charge in [0.25, 0.3) is 10.0 Å². The van der Waals surface area contributed by atoms with Crippen LogP contribution in [-0.2, 0) is 10.0 Å². The molecule has 0 aromatic heterocycles. The molecular formula is C14H14BrNO2S. The smallest absolute Gasteiger partial charge is 0.261 e. The number of benzene rings is 2. The Hall–Kier alpha value is -1.33. The van der Waals surface area contributed by atoms with Crippen molar-refractivity contribution in [2.24, 2.45) is 0 Å². The second-order valence-corrected chi connectivity index (χ2v) is 6.92. The molecule has 2 aromatic carbocycles. The van der Waals surface area contributed by atoms with E-state index < -0.39 is 10.0 Å². The van der Waals surface area contributed by atoms with E-state index in [1.807, 2.05) is 19.9 Å². The lowest BCUT2D eigenvalue weighted by Gasteiger charge is -2.09. The van der Waals surface area contributed by atoms with E-state index in [0.717, 1.165) is 15.6 Å². The summed E-state index contributed by atoms with van der Waals surface area (Å²) < 4.78 is 27.9. The Kier molecular flexibility index (Phi) is 3.96. The summed E-state index contributed by atoms with van der Waals surface area (Å²) in [6.07, 6.45) is 0. The van der Waals surface area contributed by atoms with Gasteiger partial charge in [-0.05, 0) is 49.7 Å².